The SMILES string of the molecule is CCCNc1nc(-c2ccc(Br)cn2)nc(C2CC2)c1Br. The fraction of sp³-hybridized carbons (Fsp3) is 0.400. The maximum absolute atomic E-state index is 4.73. The molecule has 1 aliphatic rings. The molecule has 0 aliphatic heterocycles. The molecular weight excluding hydrogens is 396 g/mol. The molecule has 0 aromatic carbocycles. The number of halogens is 2. The Morgan fingerprint density at radius 1 is 1.24 bits per heavy atom. The first-order chi connectivity index (χ1) is 10.2. The molecule has 1 N–H and O–H groups in total. The quantitative estimate of drug-likeness (QED) is 0.770. The Bertz CT molecular complexity index is 639. The Morgan fingerprint density at radius 2 is 2.05 bits per heavy atom. The third kappa shape index (κ3) is 3.43. The normalized spacial score (nSPS) is 14.2. The molecule has 0 bridgehead atoms. The monoisotopic (exact) mass is 410 g/mol. The fourth-order valence-electron chi connectivity index (χ4n) is 2.07. The number of rotatable bonds is 5. The van der Waals surface area contributed by atoms with Crippen molar-refractivity contribution in [2.45, 2.75) is 32.1 Å². The summed E-state index contributed by atoms with van der Waals surface area (Å²) in [5, 5.41) is 3.37. The van der Waals surface area contributed by atoms with Crippen molar-refractivity contribution >= 4 is 37.7 Å². The second-order valence-electron chi connectivity index (χ2n) is 5.16. The van der Waals surface area contributed by atoms with Crippen LogP contribution in [0.1, 0.15) is 37.8 Å². The van der Waals surface area contributed by atoms with E-state index >= 15 is 0 Å². The molecule has 0 amide bonds. The van der Waals surface area contributed by atoms with Gasteiger partial charge < -0.3 is 5.32 Å². The molecule has 1 saturated carbocycles. The number of hydrogen-bond donors (Lipinski definition) is 1. The van der Waals surface area contributed by atoms with Crippen LogP contribution < -0.4 is 5.32 Å². The Kier molecular flexibility index (Phi) is 4.54. The van der Waals surface area contributed by atoms with E-state index in [-0.39, 0.29) is 0 Å². The molecule has 3 rings (SSSR count). The summed E-state index contributed by atoms with van der Waals surface area (Å²) < 4.78 is 1.95. The first kappa shape index (κ1) is 14.9. The number of pyridine rings is 1. The van der Waals surface area contributed by atoms with Crippen LogP contribution >= 0.6 is 31.9 Å². The molecule has 21 heavy (non-hydrogen) atoms. The third-order valence-electron chi connectivity index (χ3n) is 3.34. The predicted octanol–water partition coefficient (Wildman–Crippen LogP) is 4.76. The standard InChI is InChI=1S/C15H16Br2N4/c1-2-7-18-15-12(17)13(9-3-4-9)20-14(21-15)11-6-5-10(16)8-19-11/h5-6,8-9H,2-4,7H2,1H3,(H,18,20,21). The highest BCUT2D eigenvalue weighted by Gasteiger charge is 2.29. The Labute approximate surface area is 141 Å². The topological polar surface area (TPSA) is 50.7 Å². The van der Waals surface area contributed by atoms with Gasteiger partial charge in [-0.05, 0) is 63.3 Å². The largest absolute Gasteiger partial charge is 0.369 e. The molecule has 2 aromatic heterocycles. The molecular formula is C15H16Br2N4. The summed E-state index contributed by atoms with van der Waals surface area (Å²) in [5.41, 5.74) is 1.90. The molecule has 1 aliphatic carbocycles. The second-order valence-corrected chi connectivity index (χ2v) is 6.87. The maximum atomic E-state index is 4.73. The van der Waals surface area contributed by atoms with Gasteiger partial charge in [0.1, 0.15) is 11.5 Å². The summed E-state index contributed by atoms with van der Waals surface area (Å²) >= 11 is 7.06. The zero-order chi connectivity index (χ0) is 14.8. The lowest BCUT2D eigenvalue weighted by Gasteiger charge is -2.12. The first-order valence-corrected chi connectivity index (χ1v) is 8.71. The summed E-state index contributed by atoms with van der Waals surface area (Å²) in [6, 6.07) is 3.90. The van der Waals surface area contributed by atoms with Crippen LogP contribution in [0.4, 0.5) is 5.82 Å². The second kappa shape index (κ2) is 6.40. The van der Waals surface area contributed by atoms with Crippen molar-refractivity contribution in [1.82, 2.24) is 15.0 Å². The van der Waals surface area contributed by atoms with Gasteiger partial charge in [-0.1, -0.05) is 6.92 Å². The van der Waals surface area contributed by atoms with E-state index in [0.29, 0.717) is 11.7 Å². The van der Waals surface area contributed by atoms with Crippen LogP contribution in [-0.4, -0.2) is 21.5 Å². The van der Waals surface area contributed by atoms with E-state index in [0.717, 1.165) is 39.1 Å². The van der Waals surface area contributed by atoms with Crippen molar-refractivity contribution in [3.8, 4) is 11.5 Å². The van der Waals surface area contributed by atoms with Crippen LogP contribution in [0.2, 0.25) is 0 Å². The van der Waals surface area contributed by atoms with Gasteiger partial charge in [-0.3, -0.25) is 4.98 Å². The van der Waals surface area contributed by atoms with E-state index in [9.17, 15) is 0 Å². The molecule has 2 heterocycles. The average molecular weight is 412 g/mol. The van der Waals surface area contributed by atoms with E-state index in [2.05, 4.69) is 54.1 Å². The van der Waals surface area contributed by atoms with Crippen molar-refractivity contribution in [3.05, 3.63) is 33.0 Å². The van der Waals surface area contributed by atoms with Crippen LogP contribution in [0, 0.1) is 0 Å². The number of aromatic nitrogens is 3. The van der Waals surface area contributed by atoms with Crippen LogP contribution in [0.15, 0.2) is 27.3 Å². The molecule has 1 fully saturated rings. The molecule has 0 unspecified atom stereocenters. The van der Waals surface area contributed by atoms with E-state index in [4.69, 9.17) is 4.98 Å². The molecule has 4 nitrogen and oxygen atoms in total. The van der Waals surface area contributed by atoms with E-state index in [1.54, 1.807) is 6.20 Å². The minimum absolute atomic E-state index is 0.554. The van der Waals surface area contributed by atoms with E-state index in [1.165, 1.54) is 12.8 Å². The van der Waals surface area contributed by atoms with Gasteiger partial charge in [0.15, 0.2) is 5.82 Å². The van der Waals surface area contributed by atoms with Gasteiger partial charge in [0.2, 0.25) is 0 Å². The van der Waals surface area contributed by atoms with Crippen molar-refractivity contribution in [1.29, 1.82) is 0 Å². The van der Waals surface area contributed by atoms with Crippen LogP contribution in [0.5, 0.6) is 0 Å². The summed E-state index contributed by atoms with van der Waals surface area (Å²) in [5.74, 6) is 2.11. The van der Waals surface area contributed by atoms with Crippen LogP contribution in [-0.2, 0) is 0 Å². The molecule has 6 heteroatoms. The molecule has 2 aromatic rings. The lowest BCUT2D eigenvalue weighted by molar-refractivity contribution is 0.937. The lowest BCUT2D eigenvalue weighted by Crippen LogP contribution is -2.07. The average Bonchev–Trinajstić information content (AvgIpc) is 3.32. The van der Waals surface area contributed by atoms with Gasteiger partial charge in [-0.2, -0.15) is 0 Å². The van der Waals surface area contributed by atoms with Crippen molar-refractivity contribution in [2.24, 2.45) is 0 Å². The summed E-state index contributed by atoms with van der Waals surface area (Å²) in [4.78, 5) is 13.8. The third-order valence-corrected chi connectivity index (χ3v) is 4.59. The van der Waals surface area contributed by atoms with E-state index < -0.39 is 0 Å². The highest BCUT2D eigenvalue weighted by molar-refractivity contribution is 9.11. The minimum atomic E-state index is 0.554. The Morgan fingerprint density at radius 3 is 2.67 bits per heavy atom. The van der Waals surface area contributed by atoms with Gasteiger partial charge in [-0.15, -0.1) is 0 Å². The summed E-state index contributed by atoms with van der Waals surface area (Å²) in [6.07, 6.45) is 5.24. The van der Waals surface area contributed by atoms with Crippen molar-refractivity contribution in [2.75, 3.05) is 11.9 Å². The smallest absolute Gasteiger partial charge is 0.180 e. The Balaban J connectivity index is 2.03. The van der Waals surface area contributed by atoms with Gasteiger partial charge >= 0.3 is 0 Å². The number of hydrogen-bond acceptors (Lipinski definition) is 4. The zero-order valence-electron chi connectivity index (χ0n) is 11.7. The summed E-state index contributed by atoms with van der Waals surface area (Å²) in [7, 11) is 0. The van der Waals surface area contributed by atoms with E-state index in [1.807, 2.05) is 12.1 Å². The van der Waals surface area contributed by atoms with Gasteiger partial charge in [0.05, 0.1) is 10.2 Å². The zero-order valence-corrected chi connectivity index (χ0v) is 14.9. The Hall–Kier alpha value is -1.01. The minimum Gasteiger partial charge on any atom is -0.369 e. The first-order valence-electron chi connectivity index (χ1n) is 7.12. The number of nitrogens with zero attached hydrogens (tertiary/aromatic N) is 3. The van der Waals surface area contributed by atoms with Gasteiger partial charge in [0, 0.05) is 23.1 Å². The molecule has 0 radical (unpaired) electrons. The van der Waals surface area contributed by atoms with Crippen LogP contribution in [0.3, 0.4) is 0 Å². The fourth-order valence-corrected chi connectivity index (χ4v) is 2.95. The molecule has 0 atom stereocenters. The highest BCUT2D eigenvalue weighted by atomic mass is 79.9. The van der Waals surface area contributed by atoms with Crippen molar-refractivity contribution < 1.29 is 0 Å². The van der Waals surface area contributed by atoms with Crippen molar-refractivity contribution in [3.63, 3.8) is 0 Å². The number of anilines is 1. The highest BCUT2D eigenvalue weighted by Crippen LogP contribution is 2.44. The lowest BCUT2D eigenvalue weighted by atomic mass is 10.2. The predicted molar refractivity (Wildman–Crippen MR) is 91.4 cm³/mol. The van der Waals surface area contributed by atoms with Gasteiger partial charge in [0.25, 0.3) is 0 Å². The molecule has 0 spiro atoms. The number of nitrogens with one attached hydrogen (secondary N) is 1. The van der Waals surface area contributed by atoms with Crippen LogP contribution in [0.25, 0.3) is 11.5 Å². The van der Waals surface area contributed by atoms with Gasteiger partial charge in [-0.25, -0.2) is 9.97 Å². The maximum Gasteiger partial charge on any atom is 0.180 e. The summed E-state index contributed by atoms with van der Waals surface area (Å²) in [6.45, 7) is 3.04. The molecule has 110 valence electrons. The molecule has 0 saturated heterocycles.